The topological polar surface area (TPSA) is 75.3 Å². The molecule has 0 saturated carbocycles. The molecule has 0 aliphatic rings. The van der Waals surface area contributed by atoms with E-state index in [4.69, 9.17) is 10.8 Å². The Balaban J connectivity index is 2.67. The number of anilines is 2. The van der Waals surface area contributed by atoms with Crippen molar-refractivity contribution in [2.75, 3.05) is 17.6 Å². The lowest BCUT2D eigenvalue weighted by molar-refractivity contribution is 0.0692. The van der Waals surface area contributed by atoms with Gasteiger partial charge in [0.05, 0.1) is 16.9 Å². The van der Waals surface area contributed by atoms with Gasteiger partial charge < -0.3 is 16.2 Å². The number of hydrogen-bond donors (Lipinski definition) is 3. The molecule has 1 aromatic carbocycles. The Labute approximate surface area is 106 Å². The molecule has 0 spiro atoms. The van der Waals surface area contributed by atoms with Gasteiger partial charge in [-0.1, -0.05) is 13.8 Å². The number of nitrogens with two attached hydrogens (primary N) is 1. The van der Waals surface area contributed by atoms with Gasteiger partial charge in [0.25, 0.3) is 0 Å². The van der Waals surface area contributed by atoms with Crippen molar-refractivity contribution in [3.8, 4) is 0 Å². The molecule has 0 fully saturated rings. The van der Waals surface area contributed by atoms with E-state index >= 15 is 0 Å². The van der Waals surface area contributed by atoms with E-state index in [2.05, 4.69) is 19.2 Å². The first-order valence-electron chi connectivity index (χ1n) is 5.98. The molecular weight excluding hydrogens is 235 g/mol. The van der Waals surface area contributed by atoms with Crippen molar-refractivity contribution in [2.45, 2.75) is 26.7 Å². The molecule has 4 N–H and O–H groups in total. The van der Waals surface area contributed by atoms with Gasteiger partial charge >= 0.3 is 5.97 Å². The molecule has 1 aromatic rings. The zero-order chi connectivity index (χ0) is 13.7. The standard InChI is InChI=1S/C13H19FN2O2/c1-8(2)4-3-5-16-12-7-10(14)9(13(17)18)6-11(12)15/h6-8,16H,3-5,15H2,1-2H3,(H,17,18). The smallest absolute Gasteiger partial charge is 0.338 e. The van der Waals surface area contributed by atoms with E-state index in [-0.39, 0.29) is 5.69 Å². The van der Waals surface area contributed by atoms with E-state index in [1.807, 2.05) is 0 Å². The largest absolute Gasteiger partial charge is 0.478 e. The summed E-state index contributed by atoms with van der Waals surface area (Å²) in [7, 11) is 0. The molecule has 4 nitrogen and oxygen atoms in total. The van der Waals surface area contributed by atoms with E-state index in [1.165, 1.54) is 0 Å². The van der Waals surface area contributed by atoms with Crippen LogP contribution >= 0.6 is 0 Å². The van der Waals surface area contributed by atoms with Crippen molar-refractivity contribution in [2.24, 2.45) is 5.92 Å². The van der Waals surface area contributed by atoms with E-state index in [0.29, 0.717) is 18.2 Å². The lowest BCUT2D eigenvalue weighted by Crippen LogP contribution is -2.08. The number of halogens is 1. The maximum atomic E-state index is 13.4. The summed E-state index contributed by atoms with van der Waals surface area (Å²) >= 11 is 0. The maximum Gasteiger partial charge on any atom is 0.338 e. The highest BCUT2D eigenvalue weighted by Gasteiger charge is 2.13. The number of nitrogen functional groups attached to an aromatic ring is 1. The Bertz CT molecular complexity index is 433. The lowest BCUT2D eigenvalue weighted by atomic mass is 10.1. The van der Waals surface area contributed by atoms with E-state index in [9.17, 15) is 9.18 Å². The predicted octanol–water partition coefficient (Wildman–Crippen LogP) is 2.95. The van der Waals surface area contributed by atoms with Crippen molar-refractivity contribution >= 4 is 17.3 Å². The average molecular weight is 254 g/mol. The van der Waals surface area contributed by atoms with Crippen LogP contribution in [0.3, 0.4) is 0 Å². The Hall–Kier alpha value is -1.78. The minimum Gasteiger partial charge on any atom is -0.478 e. The third kappa shape index (κ3) is 3.91. The first-order valence-corrected chi connectivity index (χ1v) is 5.98. The maximum absolute atomic E-state index is 13.4. The Morgan fingerprint density at radius 1 is 1.50 bits per heavy atom. The molecule has 100 valence electrons. The third-order valence-electron chi connectivity index (χ3n) is 2.64. The number of carboxylic acid groups (broad SMARTS) is 1. The predicted molar refractivity (Wildman–Crippen MR) is 70.3 cm³/mol. The van der Waals surface area contributed by atoms with Crippen LogP contribution in [0.5, 0.6) is 0 Å². The molecule has 18 heavy (non-hydrogen) atoms. The molecule has 0 radical (unpaired) electrons. The Kier molecular flexibility index (Phi) is 4.95. The van der Waals surface area contributed by atoms with Crippen LogP contribution in [0, 0.1) is 11.7 Å². The van der Waals surface area contributed by atoms with Gasteiger partial charge in [0.2, 0.25) is 0 Å². The fraction of sp³-hybridized carbons (Fsp3) is 0.462. The number of aromatic carboxylic acids is 1. The number of rotatable bonds is 6. The van der Waals surface area contributed by atoms with Gasteiger partial charge in [-0.15, -0.1) is 0 Å². The minimum absolute atomic E-state index is 0.248. The molecule has 0 unspecified atom stereocenters. The summed E-state index contributed by atoms with van der Waals surface area (Å²) in [4.78, 5) is 10.7. The van der Waals surface area contributed by atoms with Gasteiger partial charge in [0.15, 0.2) is 0 Å². The lowest BCUT2D eigenvalue weighted by Gasteiger charge is -2.11. The van der Waals surface area contributed by atoms with Crippen molar-refractivity contribution in [3.05, 3.63) is 23.5 Å². The first-order chi connectivity index (χ1) is 8.41. The molecule has 0 amide bonds. The first kappa shape index (κ1) is 14.3. The van der Waals surface area contributed by atoms with Gasteiger partial charge in [0, 0.05) is 6.54 Å². The van der Waals surface area contributed by atoms with Crippen LogP contribution < -0.4 is 11.1 Å². The fourth-order valence-corrected chi connectivity index (χ4v) is 1.64. The highest BCUT2D eigenvalue weighted by Crippen LogP contribution is 2.23. The number of carbonyl (C=O) groups is 1. The molecule has 0 aliphatic heterocycles. The zero-order valence-corrected chi connectivity index (χ0v) is 10.7. The summed E-state index contributed by atoms with van der Waals surface area (Å²) in [5.41, 5.74) is 5.97. The Morgan fingerprint density at radius 2 is 2.17 bits per heavy atom. The van der Waals surface area contributed by atoms with E-state index in [0.717, 1.165) is 25.0 Å². The van der Waals surface area contributed by atoms with E-state index in [1.54, 1.807) is 0 Å². The van der Waals surface area contributed by atoms with Crippen LogP contribution in [-0.4, -0.2) is 17.6 Å². The molecule has 0 aromatic heterocycles. The van der Waals surface area contributed by atoms with Crippen LogP contribution in [0.4, 0.5) is 15.8 Å². The van der Waals surface area contributed by atoms with Gasteiger partial charge in [-0.3, -0.25) is 0 Å². The SMILES string of the molecule is CC(C)CCCNc1cc(F)c(C(=O)O)cc1N. The van der Waals surface area contributed by atoms with Gasteiger partial charge in [-0.05, 0) is 30.9 Å². The summed E-state index contributed by atoms with van der Waals surface area (Å²) < 4.78 is 13.4. The van der Waals surface area contributed by atoms with Crippen molar-refractivity contribution in [3.63, 3.8) is 0 Å². The highest BCUT2D eigenvalue weighted by molar-refractivity contribution is 5.90. The van der Waals surface area contributed by atoms with Crippen LogP contribution in [0.25, 0.3) is 0 Å². The summed E-state index contributed by atoms with van der Waals surface area (Å²) in [6.45, 7) is 4.96. The molecule has 0 heterocycles. The third-order valence-corrected chi connectivity index (χ3v) is 2.64. The molecule has 1 rings (SSSR count). The molecule has 0 aliphatic carbocycles. The van der Waals surface area contributed by atoms with Crippen LogP contribution in [0.1, 0.15) is 37.0 Å². The monoisotopic (exact) mass is 254 g/mol. The summed E-state index contributed by atoms with van der Waals surface area (Å²) in [5, 5.41) is 11.8. The average Bonchev–Trinajstić information content (AvgIpc) is 2.27. The molecule has 0 atom stereocenters. The summed E-state index contributed by atoms with van der Waals surface area (Å²) in [6, 6.07) is 2.27. The number of hydrogen-bond acceptors (Lipinski definition) is 3. The highest BCUT2D eigenvalue weighted by atomic mass is 19.1. The summed E-state index contributed by atoms with van der Waals surface area (Å²) in [6.07, 6.45) is 2.03. The van der Waals surface area contributed by atoms with Gasteiger partial charge in [-0.2, -0.15) is 0 Å². The van der Waals surface area contributed by atoms with Crippen molar-refractivity contribution < 1.29 is 14.3 Å². The second-order valence-electron chi connectivity index (χ2n) is 4.69. The van der Waals surface area contributed by atoms with Crippen LogP contribution in [0.2, 0.25) is 0 Å². The number of benzene rings is 1. The minimum atomic E-state index is -1.31. The van der Waals surface area contributed by atoms with Crippen LogP contribution in [0.15, 0.2) is 12.1 Å². The Morgan fingerprint density at radius 3 is 2.72 bits per heavy atom. The fourth-order valence-electron chi connectivity index (χ4n) is 1.64. The normalized spacial score (nSPS) is 10.7. The van der Waals surface area contributed by atoms with Crippen molar-refractivity contribution in [1.29, 1.82) is 0 Å². The summed E-state index contributed by atoms with van der Waals surface area (Å²) in [5.74, 6) is -1.47. The molecule has 5 heteroatoms. The van der Waals surface area contributed by atoms with E-state index < -0.39 is 17.3 Å². The second kappa shape index (κ2) is 6.23. The molecular formula is C13H19FN2O2. The van der Waals surface area contributed by atoms with Gasteiger partial charge in [0.1, 0.15) is 5.82 Å². The second-order valence-corrected chi connectivity index (χ2v) is 4.69. The number of nitrogens with one attached hydrogen (secondary N) is 1. The van der Waals surface area contributed by atoms with Crippen LogP contribution in [-0.2, 0) is 0 Å². The quantitative estimate of drug-likeness (QED) is 0.539. The number of carboxylic acids is 1. The molecule has 0 saturated heterocycles. The van der Waals surface area contributed by atoms with Crippen molar-refractivity contribution in [1.82, 2.24) is 0 Å². The zero-order valence-electron chi connectivity index (χ0n) is 10.7. The van der Waals surface area contributed by atoms with Gasteiger partial charge in [-0.25, -0.2) is 9.18 Å². The molecule has 0 bridgehead atoms.